The molecular formula is C23H31N3O10P2S. The van der Waals surface area contributed by atoms with Gasteiger partial charge in [-0.15, -0.1) is 0 Å². The minimum Gasteiger partial charge on any atom is -0.508 e. The molecule has 39 heavy (non-hydrogen) atoms. The van der Waals surface area contributed by atoms with Gasteiger partial charge in [0.2, 0.25) is 0 Å². The van der Waals surface area contributed by atoms with Crippen molar-refractivity contribution in [1.82, 2.24) is 4.68 Å². The second-order valence-corrected chi connectivity index (χ2v) is 13.7. The molecule has 0 fully saturated rings. The predicted octanol–water partition coefficient (Wildman–Crippen LogP) is 5.82. The molecule has 0 radical (unpaired) electrons. The Bertz CT molecular complexity index is 1390. The molecule has 0 aliphatic rings. The van der Waals surface area contributed by atoms with E-state index in [2.05, 4.69) is 5.43 Å². The number of nitro benzene ring substituents is 1. The van der Waals surface area contributed by atoms with Crippen molar-refractivity contribution in [2.24, 2.45) is 0 Å². The van der Waals surface area contributed by atoms with E-state index in [1.807, 2.05) is 0 Å². The van der Waals surface area contributed by atoms with Gasteiger partial charge in [-0.3, -0.25) is 24.0 Å². The minimum absolute atomic E-state index is 0.0752. The van der Waals surface area contributed by atoms with Crippen molar-refractivity contribution in [3.63, 3.8) is 0 Å². The van der Waals surface area contributed by atoms with E-state index in [-0.39, 0.29) is 43.4 Å². The molecule has 1 aromatic heterocycles. The van der Waals surface area contributed by atoms with Gasteiger partial charge in [0.05, 0.1) is 47.6 Å². The second-order valence-electron chi connectivity index (χ2n) is 7.98. The standard InChI is InChI=1S/C23H31N3O10P2S/c1-5-33-37(31,34-6-2)22(38(32,35-7-3)36-8-4)21(16-9-11-17(12-10-16)26(29)30)24-25-19-15-18(27)13-14-20(19)39-23(25)28/h9-15,21-22,24,27H,5-8H2,1-4H3. The fraction of sp³-hybridized carbons (Fsp3) is 0.435. The van der Waals surface area contributed by atoms with E-state index in [1.54, 1.807) is 33.8 Å². The highest BCUT2D eigenvalue weighted by atomic mass is 32.1. The second kappa shape index (κ2) is 13.2. The van der Waals surface area contributed by atoms with E-state index < -0.39 is 36.4 Å². The number of thiazole rings is 1. The number of nitrogens with zero attached hydrogens (tertiary/aromatic N) is 2. The molecule has 0 aliphatic heterocycles. The minimum atomic E-state index is -4.34. The van der Waals surface area contributed by atoms with Gasteiger partial charge in [0.15, 0.2) is 5.40 Å². The molecule has 0 saturated heterocycles. The Morgan fingerprint density at radius 2 is 1.46 bits per heavy atom. The lowest BCUT2D eigenvalue weighted by Crippen LogP contribution is -2.36. The molecule has 2 aromatic carbocycles. The summed E-state index contributed by atoms with van der Waals surface area (Å²) < 4.78 is 52.9. The normalized spacial score (nSPS) is 13.2. The number of aromatic nitrogens is 1. The van der Waals surface area contributed by atoms with Crippen molar-refractivity contribution < 1.29 is 37.3 Å². The third-order valence-corrected chi connectivity index (χ3v) is 12.5. The molecule has 3 aromatic rings. The van der Waals surface area contributed by atoms with Crippen LogP contribution in [0, 0.1) is 10.1 Å². The number of hydrogen-bond donors (Lipinski definition) is 2. The molecule has 214 valence electrons. The van der Waals surface area contributed by atoms with Gasteiger partial charge >= 0.3 is 20.1 Å². The maximum atomic E-state index is 14.4. The first-order valence-corrected chi connectivity index (χ1v) is 16.2. The Morgan fingerprint density at radius 1 is 0.949 bits per heavy atom. The van der Waals surface area contributed by atoms with E-state index in [1.165, 1.54) is 36.4 Å². The summed E-state index contributed by atoms with van der Waals surface area (Å²) in [6.45, 7) is 6.04. The van der Waals surface area contributed by atoms with Crippen molar-refractivity contribution in [3.05, 3.63) is 67.8 Å². The molecule has 2 N–H and O–H groups in total. The number of hydrogen-bond acceptors (Lipinski definition) is 12. The van der Waals surface area contributed by atoms with Gasteiger partial charge in [0.25, 0.3) is 5.69 Å². The van der Waals surface area contributed by atoms with Gasteiger partial charge in [0.1, 0.15) is 5.75 Å². The SMILES string of the molecule is CCOP(=O)(OCC)C(C(Nn1c(=O)sc2ccc(O)cc21)c1ccc([N+](=O)[O-])cc1)P(=O)(OCC)OCC. The Labute approximate surface area is 228 Å². The molecule has 3 rings (SSSR count). The number of phenols is 1. The quantitative estimate of drug-likeness (QED) is 0.122. The molecule has 13 nitrogen and oxygen atoms in total. The van der Waals surface area contributed by atoms with Crippen molar-refractivity contribution in [1.29, 1.82) is 0 Å². The largest absolute Gasteiger partial charge is 0.508 e. The van der Waals surface area contributed by atoms with Crippen molar-refractivity contribution in [3.8, 4) is 5.75 Å². The fourth-order valence-electron chi connectivity index (χ4n) is 4.02. The van der Waals surface area contributed by atoms with Gasteiger partial charge < -0.3 is 28.6 Å². The molecule has 1 heterocycles. The Kier molecular flexibility index (Phi) is 10.5. The summed E-state index contributed by atoms with van der Waals surface area (Å²) in [7, 11) is -8.67. The van der Waals surface area contributed by atoms with Crippen LogP contribution in [0.1, 0.15) is 39.3 Å². The van der Waals surface area contributed by atoms with Crippen molar-refractivity contribution >= 4 is 42.4 Å². The Morgan fingerprint density at radius 3 is 1.92 bits per heavy atom. The molecular weight excluding hydrogens is 572 g/mol. The molecule has 0 spiro atoms. The lowest BCUT2D eigenvalue weighted by molar-refractivity contribution is -0.384. The fourth-order valence-corrected chi connectivity index (χ4v) is 10.4. The number of benzene rings is 2. The average molecular weight is 604 g/mol. The van der Waals surface area contributed by atoms with Crippen LogP contribution >= 0.6 is 26.5 Å². The third-order valence-electron chi connectivity index (χ3n) is 5.48. The molecule has 0 bridgehead atoms. The monoisotopic (exact) mass is 603 g/mol. The Balaban J connectivity index is 2.35. The van der Waals surface area contributed by atoms with Crippen LogP contribution in [0.15, 0.2) is 47.3 Å². The number of phenolic OH excluding ortho intramolecular Hbond substituents is 1. The lowest BCUT2D eigenvalue weighted by Gasteiger charge is -2.37. The summed E-state index contributed by atoms with van der Waals surface area (Å²) >= 11 is 0.880. The number of aromatic hydroxyl groups is 1. The average Bonchev–Trinajstić information content (AvgIpc) is 3.18. The zero-order valence-electron chi connectivity index (χ0n) is 21.8. The molecule has 0 amide bonds. The van der Waals surface area contributed by atoms with E-state index in [9.17, 15) is 29.1 Å². The summed E-state index contributed by atoms with van der Waals surface area (Å²) in [6.07, 6.45) is 0. The predicted molar refractivity (Wildman–Crippen MR) is 148 cm³/mol. The van der Waals surface area contributed by atoms with Crippen LogP contribution in [-0.4, -0.2) is 46.5 Å². The Hall–Kier alpha value is -2.57. The number of non-ortho nitro benzene ring substituents is 1. The molecule has 0 aliphatic carbocycles. The smallest absolute Gasteiger partial charge is 0.348 e. The van der Waals surface area contributed by atoms with E-state index in [0.29, 0.717) is 10.2 Å². The number of nitrogens with one attached hydrogen (secondary N) is 1. The van der Waals surface area contributed by atoms with Crippen LogP contribution in [0.3, 0.4) is 0 Å². The zero-order chi connectivity index (χ0) is 28.8. The topological polar surface area (TPSA) is 168 Å². The first-order chi connectivity index (χ1) is 18.5. The highest BCUT2D eigenvalue weighted by molar-refractivity contribution is 7.72. The molecule has 1 unspecified atom stereocenters. The lowest BCUT2D eigenvalue weighted by atomic mass is 10.1. The van der Waals surface area contributed by atoms with Crippen molar-refractivity contribution in [2.45, 2.75) is 39.1 Å². The van der Waals surface area contributed by atoms with Crippen LogP contribution in [0.5, 0.6) is 5.75 Å². The zero-order valence-corrected chi connectivity index (χ0v) is 24.4. The summed E-state index contributed by atoms with van der Waals surface area (Å²) in [5.41, 5.74) is 3.31. The maximum absolute atomic E-state index is 14.4. The van der Waals surface area contributed by atoms with Crippen LogP contribution in [-0.2, 0) is 27.2 Å². The highest BCUT2D eigenvalue weighted by Crippen LogP contribution is 2.73. The number of nitro groups is 1. The number of rotatable bonds is 15. The van der Waals surface area contributed by atoms with Gasteiger partial charge in [0, 0.05) is 18.2 Å². The maximum Gasteiger partial charge on any atom is 0.348 e. The van der Waals surface area contributed by atoms with Gasteiger partial charge in [-0.2, -0.15) is 0 Å². The van der Waals surface area contributed by atoms with Crippen LogP contribution in [0.25, 0.3) is 10.2 Å². The molecule has 1 atom stereocenters. The van der Waals surface area contributed by atoms with Crippen LogP contribution in [0.2, 0.25) is 0 Å². The van der Waals surface area contributed by atoms with Crippen LogP contribution in [0.4, 0.5) is 5.69 Å². The van der Waals surface area contributed by atoms with E-state index >= 15 is 0 Å². The highest BCUT2D eigenvalue weighted by Gasteiger charge is 2.56. The van der Waals surface area contributed by atoms with E-state index in [0.717, 1.165) is 16.0 Å². The molecule has 0 saturated carbocycles. The first-order valence-electron chi connectivity index (χ1n) is 12.2. The molecule has 16 heteroatoms. The van der Waals surface area contributed by atoms with Gasteiger partial charge in [-0.1, -0.05) is 23.5 Å². The van der Waals surface area contributed by atoms with Crippen molar-refractivity contribution in [2.75, 3.05) is 31.9 Å². The van der Waals surface area contributed by atoms with E-state index in [4.69, 9.17) is 18.1 Å². The third kappa shape index (κ3) is 6.78. The first kappa shape index (κ1) is 31.0. The number of fused-ring (bicyclic) bond motifs is 1. The van der Waals surface area contributed by atoms with Gasteiger partial charge in [-0.05, 0) is 45.4 Å². The summed E-state index contributed by atoms with van der Waals surface area (Å²) in [6, 6.07) is 8.24. The van der Waals surface area contributed by atoms with Gasteiger partial charge in [-0.25, -0.2) is 4.68 Å². The van der Waals surface area contributed by atoms with Crippen LogP contribution < -0.4 is 10.3 Å². The summed E-state index contributed by atoms with van der Waals surface area (Å²) in [5, 5.41) is 19.7. The summed E-state index contributed by atoms with van der Waals surface area (Å²) in [4.78, 5) is 23.3. The summed E-state index contributed by atoms with van der Waals surface area (Å²) in [5.74, 6) is -0.108.